The van der Waals surface area contributed by atoms with Crippen LogP contribution in [0.4, 0.5) is 3.89 Å². The summed E-state index contributed by atoms with van der Waals surface area (Å²) >= 11 is 0. The third-order valence-electron chi connectivity index (χ3n) is 7.60. The van der Waals surface area contributed by atoms with Gasteiger partial charge in [-0.2, -0.15) is 8.42 Å². The largest absolute Gasteiger partial charge is 0.488 e. The predicted molar refractivity (Wildman–Crippen MR) is 155 cm³/mol. The van der Waals surface area contributed by atoms with Crippen LogP contribution in [0.1, 0.15) is 49.8 Å². The van der Waals surface area contributed by atoms with E-state index >= 15 is 0 Å². The molecule has 0 bridgehead atoms. The van der Waals surface area contributed by atoms with Gasteiger partial charge < -0.3 is 18.5 Å². The van der Waals surface area contributed by atoms with Crippen LogP contribution < -0.4 is 9.61 Å². The van der Waals surface area contributed by atoms with Crippen LogP contribution in [0.2, 0.25) is 0 Å². The van der Waals surface area contributed by atoms with E-state index in [-0.39, 0.29) is 23.1 Å². The summed E-state index contributed by atoms with van der Waals surface area (Å²) in [7, 11) is -5.18. The van der Waals surface area contributed by atoms with Crippen LogP contribution in [-0.4, -0.2) is 31.2 Å². The van der Waals surface area contributed by atoms with E-state index in [0.29, 0.717) is 29.5 Å². The molecule has 0 amide bonds. The van der Waals surface area contributed by atoms with E-state index in [4.69, 9.17) is 11.2 Å². The number of nitrogens with zero attached hydrogens (tertiary/aromatic N) is 1. The first-order valence-corrected chi connectivity index (χ1v) is 14.4. The number of aromatic nitrogens is 2. The lowest BCUT2D eigenvalue weighted by Gasteiger charge is -2.28. The Morgan fingerprint density at radius 3 is 2.58 bits per heavy atom. The van der Waals surface area contributed by atoms with Crippen LogP contribution in [-0.2, 0) is 15.2 Å². The first kappa shape index (κ1) is 26.1. The summed E-state index contributed by atoms with van der Waals surface area (Å²) in [4.78, 5) is 17.6. The molecular formula is C31H27FN2O5S. The highest BCUT2D eigenvalue weighted by molar-refractivity contribution is 7.81. The van der Waals surface area contributed by atoms with Gasteiger partial charge in [-0.3, -0.25) is 4.79 Å². The van der Waals surface area contributed by atoms with Gasteiger partial charge in [0.1, 0.15) is 11.4 Å². The first-order chi connectivity index (χ1) is 19.1. The molecule has 0 radical (unpaired) electrons. The number of nitrogens with one attached hydrogen (secondary N) is 1. The van der Waals surface area contributed by atoms with Gasteiger partial charge in [0.25, 0.3) is 0 Å². The second-order valence-electron chi connectivity index (χ2n) is 10.4. The van der Waals surface area contributed by atoms with Gasteiger partial charge in [0.05, 0.1) is 10.9 Å². The van der Waals surface area contributed by atoms with Crippen LogP contribution in [0.5, 0.6) is 5.75 Å². The topological polar surface area (TPSA) is 90.4 Å². The lowest BCUT2D eigenvalue weighted by atomic mass is 9.90. The van der Waals surface area contributed by atoms with Crippen LogP contribution in [0, 0.1) is 12.3 Å². The molecule has 204 valence electrons. The summed E-state index contributed by atoms with van der Waals surface area (Å²) in [5, 5.41) is 2.02. The highest BCUT2D eigenvalue weighted by Crippen LogP contribution is 2.38. The molecule has 0 aliphatic carbocycles. The molecule has 1 fully saturated rings. The lowest BCUT2D eigenvalue weighted by Crippen LogP contribution is -2.22. The Hall–Kier alpha value is -4.13. The number of terminal acetylenes is 1. The molecule has 5 aromatic rings. The van der Waals surface area contributed by atoms with Crippen LogP contribution >= 0.6 is 0 Å². The normalized spacial score (nSPS) is 14.8. The summed E-state index contributed by atoms with van der Waals surface area (Å²) < 4.78 is 48.0. The number of hydrogen-bond acceptors (Lipinski definition) is 5. The maximum atomic E-state index is 14.2. The molecule has 3 aromatic carbocycles. The van der Waals surface area contributed by atoms with Crippen molar-refractivity contribution in [2.24, 2.45) is 0 Å². The number of rotatable bonds is 5. The third kappa shape index (κ3) is 4.53. The quantitative estimate of drug-likeness (QED) is 0.201. The Morgan fingerprint density at radius 1 is 1.10 bits per heavy atom. The number of ether oxygens (including phenoxy) is 1. The van der Waals surface area contributed by atoms with E-state index in [1.54, 1.807) is 6.07 Å². The summed E-state index contributed by atoms with van der Waals surface area (Å²) in [5.74, 6) is 2.56. The maximum absolute atomic E-state index is 14.2. The molecule has 1 N–H and O–H groups in total. The number of halogens is 1. The summed E-state index contributed by atoms with van der Waals surface area (Å²) in [6.07, 6.45) is 7.20. The number of aromatic amines is 1. The van der Waals surface area contributed by atoms with Crippen LogP contribution in [0.3, 0.4) is 0 Å². The molecule has 1 saturated heterocycles. The molecular weight excluding hydrogens is 531 g/mol. The molecule has 6 rings (SSSR count). The Morgan fingerprint density at radius 2 is 1.88 bits per heavy atom. The fourth-order valence-corrected chi connectivity index (χ4v) is 6.14. The van der Waals surface area contributed by atoms with Crippen LogP contribution in [0.25, 0.3) is 44.0 Å². The minimum atomic E-state index is -5.18. The van der Waals surface area contributed by atoms with Crippen molar-refractivity contribution in [3.8, 4) is 29.2 Å². The van der Waals surface area contributed by atoms with Crippen molar-refractivity contribution >= 4 is 43.3 Å². The minimum Gasteiger partial charge on any atom is -0.381 e. The van der Waals surface area contributed by atoms with Gasteiger partial charge in [0.15, 0.2) is 5.43 Å². The van der Waals surface area contributed by atoms with Gasteiger partial charge in [0.2, 0.25) is 0 Å². The molecule has 3 heterocycles. The number of fused-ring (bicyclic) bond motifs is 4. The van der Waals surface area contributed by atoms with Gasteiger partial charge in [-0.1, -0.05) is 41.9 Å². The molecule has 0 spiro atoms. The van der Waals surface area contributed by atoms with Crippen molar-refractivity contribution in [2.45, 2.75) is 38.6 Å². The fraction of sp³-hybridized carbons (Fsp3) is 0.258. The monoisotopic (exact) mass is 558 g/mol. The Balaban J connectivity index is 1.71. The average molecular weight is 559 g/mol. The Kier molecular flexibility index (Phi) is 6.40. The van der Waals surface area contributed by atoms with Crippen molar-refractivity contribution in [1.29, 1.82) is 0 Å². The second kappa shape index (κ2) is 9.81. The van der Waals surface area contributed by atoms with E-state index in [2.05, 4.69) is 19.7 Å². The highest BCUT2D eigenvalue weighted by Gasteiger charge is 2.25. The van der Waals surface area contributed by atoms with Gasteiger partial charge in [-0.15, -0.1) is 6.42 Å². The molecule has 9 heteroatoms. The molecule has 1 aliphatic heterocycles. The van der Waals surface area contributed by atoms with Gasteiger partial charge in [-0.25, -0.2) is 0 Å². The summed E-state index contributed by atoms with van der Waals surface area (Å²) in [5.41, 5.74) is 5.24. The van der Waals surface area contributed by atoms with E-state index in [9.17, 15) is 17.1 Å². The molecule has 7 nitrogen and oxygen atoms in total. The van der Waals surface area contributed by atoms with Gasteiger partial charge >= 0.3 is 10.5 Å². The van der Waals surface area contributed by atoms with Crippen molar-refractivity contribution in [3.05, 3.63) is 75.9 Å². The maximum Gasteiger partial charge on any atom is 0.488 e. The smallest absolute Gasteiger partial charge is 0.381 e. The van der Waals surface area contributed by atoms with Crippen molar-refractivity contribution in [2.75, 3.05) is 13.2 Å². The zero-order chi connectivity index (χ0) is 28.2. The zero-order valence-corrected chi connectivity index (χ0v) is 22.8. The first-order valence-electron chi connectivity index (χ1n) is 13.1. The predicted octanol–water partition coefficient (Wildman–Crippen LogP) is 6.35. The van der Waals surface area contributed by atoms with E-state index in [1.807, 2.05) is 50.2 Å². The van der Waals surface area contributed by atoms with Crippen molar-refractivity contribution in [3.63, 3.8) is 0 Å². The zero-order valence-electron chi connectivity index (χ0n) is 22.0. The molecule has 1 aliphatic rings. The van der Waals surface area contributed by atoms with E-state index in [1.165, 1.54) is 12.1 Å². The Labute approximate surface area is 230 Å². The molecule has 2 aromatic heterocycles. The third-order valence-corrected chi connectivity index (χ3v) is 8.00. The second-order valence-corrected chi connectivity index (χ2v) is 11.4. The number of benzene rings is 3. The lowest BCUT2D eigenvalue weighted by molar-refractivity contribution is 0.0715. The molecule has 0 unspecified atom stereocenters. The van der Waals surface area contributed by atoms with Crippen LogP contribution in [0.15, 0.2) is 59.4 Å². The number of pyridine rings is 1. The summed E-state index contributed by atoms with van der Waals surface area (Å²) in [6.45, 7) is 5.27. The number of H-pyrrole nitrogens is 1. The molecule has 40 heavy (non-hydrogen) atoms. The summed E-state index contributed by atoms with van der Waals surface area (Å²) in [6, 6.07) is 15.9. The van der Waals surface area contributed by atoms with Crippen molar-refractivity contribution in [1.82, 2.24) is 9.55 Å². The molecule has 0 atom stereocenters. The SMILES string of the molecule is C#Cc1ccc2c(c1)[nH]c1c2c(=O)c2cc(C(C)C)c(-c3cccc(OS(=O)(=O)F)c3)cc2n1C1CCOCC1. The molecule has 0 saturated carbocycles. The highest BCUT2D eigenvalue weighted by atomic mass is 32.3. The van der Waals surface area contributed by atoms with E-state index in [0.717, 1.165) is 51.6 Å². The van der Waals surface area contributed by atoms with Gasteiger partial charge in [0, 0.05) is 41.1 Å². The fourth-order valence-electron chi connectivity index (χ4n) is 5.81. The van der Waals surface area contributed by atoms with Crippen molar-refractivity contribution < 1.29 is 21.2 Å². The van der Waals surface area contributed by atoms with E-state index < -0.39 is 10.5 Å². The number of hydrogen-bond donors (Lipinski definition) is 1. The Bertz CT molecular complexity index is 2010. The van der Waals surface area contributed by atoms with Gasteiger partial charge in [-0.05, 0) is 71.8 Å². The standard InChI is InChI=1S/C31H27FN2O5S/c1-4-19-8-9-23-27(14-19)33-31-29(23)30(35)26-16-24(18(2)3)25(17-28(26)34(31)21-10-12-38-13-11-21)20-6-5-7-22(15-20)39-40(32,36)37/h1,5-9,14-18,21,33H,10-13H2,2-3H3. The average Bonchev–Trinajstić information content (AvgIpc) is 3.31. The minimum absolute atomic E-state index is 0.0293.